The van der Waals surface area contributed by atoms with Gasteiger partial charge in [0.2, 0.25) is 5.88 Å². The Morgan fingerprint density at radius 3 is 2.74 bits per heavy atom. The van der Waals surface area contributed by atoms with E-state index in [1.54, 1.807) is 12.1 Å². The van der Waals surface area contributed by atoms with Crippen LogP contribution in [-0.2, 0) is 0 Å². The molecule has 0 fully saturated rings. The van der Waals surface area contributed by atoms with Crippen molar-refractivity contribution in [2.75, 3.05) is 5.73 Å². The molecule has 0 aliphatic rings. The first-order chi connectivity index (χ1) is 8.97. The van der Waals surface area contributed by atoms with Crippen molar-refractivity contribution < 1.29 is 14.6 Å². The number of pyridine rings is 1. The quantitative estimate of drug-likeness (QED) is 0.901. The van der Waals surface area contributed by atoms with Crippen LogP contribution in [0.3, 0.4) is 0 Å². The lowest BCUT2D eigenvalue weighted by Crippen LogP contribution is -2.02. The van der Waals surface area contributed by atoms with Crippen LogP contribution in [0.25, 0.3) is 0 Å². The summed E-state index contributed by atoms with van der Waals surface area (Å²) in [6, 6.07) is 6.57. The van der Waals surface area contributed by atoms with Crippen molar-refractivity contribution in [3.8, 4) is 11.6 Å². The van der Waals surface area contributed by atoms with Crippen molar-refractivity contribution in [2.24, 2.45) is 0 Å². The number of carboxylic acid groups (broad SMARTS) is 1. The van der Waals surface area contributed by atoms with E-state index in [4.69, 9.17) is 27.2 Å². The lowest BCUT2D eigenvalue weighted by atomic mass is 10.2. The van der Waals surface area contributed by atoms with Crippen LogP contribution in [0, 0.1) is 6.92 Å². The minimum absolute atomic E-state index is 0.000136. The molecule has 0 spiro atoms. The van der Waals surface area contributed by atoms with Crippen LogP contribution in [0.5, 0.6) is 11.6 Å². The minimum atomic E-state index is -1.10. The van der Waals surface area contributed by atoms with Gasteiger partial charge in [0.15, 0.2) is 0 Å². The van der Waals surface area contributed by atoms with E-state index in [0.29, 0.717) is 10.8 Å². The second-order valence-electron chi connectivity index (χ2n) is 3.96. The molecule has 2 rings (SSSR count). The van der Waals surface area contributed by atoms with Gasteiger partial charge in [-0.1, -0.05) is 17.7 Å². The fourth-order valence-corrected chi connectivity index (χ4v) is 1.74. The monoisotopic (exact) mass is 278 g/mol. The average molecular weight is 279 g/mol. The molecule has 3 N–H and O–H groups in total. The number of nitrogen functional groups attached to an aromatic ring is 1. The molecule has 0 amide bonds. The number of nitrogens with zero attached hydrogens (tertiary/aromatic N) is 1. The van der Waals surface area contributed by atoms with E-state index in [1.807, 2.05) is 13.0 Å². The van der Waals surface area contributed by atoms with Gasteiger partial charge in [-0.05, 0) is 30.7 Å². The van der Waals surface area contributed by atoms with Gasteiger partial charge in [-0.15, -0.1) is 0 Å². The zero-order valence-corrected chi connectivity index (χ0v) is 10.8. The number of anilines is 1. The Balaban J connectivity index is 2.31. The first kappa shape index (κ1) is 13.2. The van der Waals surface area contributed by atoms with Crippen LogP contribution in [0.15, 0.2) is 30.5 Å². The van der Waals surface area contributed by atoms with Gasteiger partial charge in [0, 0.05) is 6.20 Å². The van der Waals surface area contributed by atoms with Crippen LogP contribution in [0.2, 0.25) is 5.02 Å². The SMILES string of the molecule is Cc1ccc(Oc2ncc(C(=O)O)cc2N)c(Cl)c1. The maximum absolute atomic E-state index is 10.8. The first-order valence-electron chi connectivity index (χ1n) is 5.40. The summed E-state index contributed by atoms with van der Waals surface area (Å²) >= 11 is 6.03. The van der Waals surface area contributed by atoms with Crippen molar-refractivity contribution in [3.05, 3.63) is 46.6 Å². The Hall–Kier alpha value is -2.27. The largest absolute Gasteiger partial charge is 0.478 e. The van der Waals surface area contributed by atoms with E-state index < -0.39 is 5.97 Å². The van der Waals surface area contributed by atoms with Crippen LogP contribution >= 0.6 is 11.6 Å². The minimum Gasteiger partial charge on any atom is -0.478 e. The summed E-state index contributed by atoms with van der Waals surface area (Å²) in [4.78, 5) is 14.6. The number of rotatable bonds is 3. The van der Waals surface area contributed by atoms with Gasteiger partial charge in [0.1, 0.15) is 5.75 Å². The van der Waals surface area contributed by atoms with Crippen molar-refractivity contribution in [1.29, 1.82) is 0 Å². The number of ether oxygens (including phenoxy) is 1. The van der Waals surface area contributed by atoms with Crippen molar-refractivity contribution in [2.45, 2.75) is 6.92 Å². The van der Waals surface area contributed by atoms with Crippen LogP contribution in [0.4, 0.5) is 5.69 Å². The molecule has 2 aromatic rings. The molecule has 19 heavy (non-hydrogen) atoms. The van der Waals surface area contributed by atoms with Crippen molar-refractivity contribution >= 4 is 23.3 Å². The van der Waals surface area contributed by atoms with Crippen molar-refractivity contribution in [3.63, 3.8) is 0 Å². The lowest BCUT2D eigenvalue weighted by Gasteiger charge is -2.09. The smallest absolute Gasteiger partial charge is 0.337 e. The third-order valence-electron chi connectivity index (χ3n) is 2.42. The molecule has 0 aliphatic heterocycles. The Morgan fingerprint density at radius 1 is 1.42 bits per heavy atom. The molecule has 0 saturated carbocycles. The Bertz CT molecular complexity index is 644. The second kappa shape index (κ2) is 5.16. The van der Waals surface area contributed by atoms with Gasteiger partial charge < -0.3 is 15.6 Å². The van der Waals surface area contributed by atoms with E-state index in [9.17, 15) is 4.79 Å². The predicted molar refractivity (Wildman–Crippen MR) is 71.9 cm³/mol. The number of benzene rings is 1. The highest BCUT2D eigenvalue weighted by molar-refractivity contribution is 6.32. The van der Waals surface area contributed by atoms with Gasteiger partial charge >= 0.3 is 5.97 Å². The molecule has 0 saturated heterocycles. The molecule has 0 radical (unpaired) electrons. The summed E-state index contributed by atoms with van der Waals surface area (Å²) in [6.45, 7) is 1.91. The average Bonchev–Trinajstić information content (AvgIpc) is 2.34. The Labute approximate surface area is 114 Å². The first-order valence-corrected chi connectivity index (χ1v) is 5.78. The van der Waals surface area contributed by atoms with E-state index in [-0.39, 0.29) is 17.1 Å². The number of aromatic nitrogens is 1. The Kier molecular flexibility index (Phi) is 3.57. The van der Waals surface area contributed by atoms with Gasteiger partial charge in [0.25, 0.3) is 0 Å². The van der Waals surface area contributed by atoms with Gasteiger partial charge in [-0.2, -0.15) is 0 Å². The summed E-state index contributed by atoms with van der Waals surface area (Å²) < 4.78 is 5.47. The summed E-state index contributed by atoms with van der Waals surface area (Å²) in [7, 11) is 0. The second-order valence-corrected chi connectivity index (χ2v) is 4.37. The van der Waals surface area contributed by atoms with Gasteiger partial charge in [-0.25, -0.2) is 9.78 Å². The molecule has 0 unspecified atom stereocenters. The van der Waals surface area contributed by atoms with Crippen LogP contribution in [-0.4, -0.2) is 16.1 Å². The summed E-state index contributed by atoms with van der Waals surface area (Å²) in [6.07, 6.45) is 1.18. The van der Waals surface area contributed by atoms with Gasteiger partial charge in [-0.3, -0.25) is 0 Å². The highest BCUT2D eigenvalue weighted by Gasteiger charge is 2.11. The molecular formula is C13H11ClN2O3. The number of carboxylic acids is 1. The van der Waals surface area contributed by atoms with E-state index >= 15 is 0 Å². The van der Waals surface area contributed by atoms with Crippen LogP contribution < -0.4 is 10.5 Å². The normalized spacial score (nSPS) is 10.2. The summed E-state index contributed by atoms with van der Waals surface area (Å²) in [5.41, 5.74) is 6.83. The fourth-order valence-electron chi connectivity index (χ4n) is 1.46. The molecule has 1 heterocycles. The topological polar surface area (TPSA) is 85.4 Å². The van der Waals surface area contributed by atoms with Crippen LogP contribution in [0.1, 0.15) is 15.9 Å². The molecule has 6 heteroatoms. The molecule has 1 aromatic heterocycles. The molecule has 1 aromatic carbocycles. The number of hydrogen-bond acceptors (Lipinski definition) is 4. The fraction of sp³-hybridized carbons (Fsp3) is 0.0769. The highest BCUT2D eigenvalue weighted by atomic mass is 35.5. The zero-order chi connectivity index (χ0) is 14.0. The molecular weight excluding hydrogens is 268 g/mol. The maximum atomic E-state index is 10.8. The Morgan fingerprint density at radius 2 is 2.16 bits per heavy atom. The van der Waals surface area contributed by atoms with Crippen molar-refractivity contribution in [1.82, 2.24) is 4.98 Å². The third-order valence-corrected chi connectivity index (χ3v) is 2.72. The van der Waals surface area contributed by atoms with Gasteiger partial charge in [0.05, 0.1) is 16.3 Å². The number of halogens is 1. The molecule has 0 bridgehead atoms. The zero-order valence-electron chi connectivity index (χ0n) is 10.1. The van der Waals surface area contributed by atoms with E-state index in [2.05, 4.69) is 4.98 Å². The predicted octanol–water partition coefficient (Wildman–Crippen LogP) is 3.12. The number of nitrogens with two attached hydrogens (primary N) is 1. The summed E-state index contributed by atoms with van der Waals surface area (Å²) in [5.74, 6) is -0.565. The third kappa shape index (κ3) is 2.95. The number of aromatic carboxylic acids is 1. The number of carbonyl (C=O) groups is 1. The number of aryl methyl sites for hydroxylation is 1. The van der Waals surface area contributed by atoms with E-state index in [1.165, 1.54) is 12.3 Å². The van der Waals surface area contributed by atoms with E-state index in [0.717, 1.165) is 5.56 Å². The maximum Gasteiger partial charge on any atom is 0.337 e. The molecule has 5 nitrogen and oxygen atoms in total. The molecule has 0 atom stereocenters. The lowest BCUT2D eigenvalue weighted by molar-refractivity contribution is 0.0696. The molecule has 0 aliphatic carbocycles. The standard InChI is InChI=1S/C13H11ClN2O3/c1-7-2-3-11(9(14)4-7)19-12-10(15)5-8(6-16-12)13(17)18/h2-6H,15H2,1H3,(H,17,18). The molecule has 98 valence electrons. The highest BCUT2D eigenvalue weighted by Crippen LogP contribution is 2.31. The summed E-state index contributed by atoms with van der Waals surface area (Å²) in [5, 5.41) is 9.24. The number of hydrogen-bond donors (Lipinski definition) is 2.